The summed E-state index contributed by atoms with van der Waals surface area (Å²) in [5, 5.41) is 4.08. The molecule has 1 atom stereocenters. The van der Waals surface area contributed by atoms with Crippen LogP contribution < -0.4 is 16.8 Å². The predicted molar refractivity (Wildman–Crippen MR) is 61.2 cm³/mol. The highest BCUT2D eigenvalue weighted by molar-refractivity contribution is 7.94. The average Bonchev–Trinajstić information content (AvgIpc) is 2.43. The second kappa shape index (κ2) is 3.63. The number of rotatable bonds is 2. The Morgan fingerprint density at radius 3 is 2.69 bits per heavy atom. The van der Waals surface area contributed by atoms with E-state index in [0.717, 1.165) is 0 Å². The molecule has 2 rings (SSSR count). The minimum absolute atomic E-state index is 0.0107. The molecular formula is C8H11N5O2S. The average molecular weight is 241 g/mol. The second-order valence-corrected chi connectivity index (χ2v) is 5.38. The lowest BCUT2D eigenvalue weighted by Crippen LogP contribution is -2.22. The molecule has 0 saturated heterocycles. The molecule has 0 saturated carbocycles. The summed E-state index contributed by atoms with van der Waals surface area (Å²) in [6.45, 7) is 0. The minimum Gasteiger partial charge on any atom is -0.383 e. The second-order valence-electron chi connectivity index (χ2n) is 3.45. The number of nitrogen functional groups attached to an aromatic ring is 2. The Hall–Kier alpha value is -1.83. The zero-order valence-corrected chi connectivity index (χ0v) is 9.11. The van der Waals surface area contributed by atoms with E-state index >= 15 is 0 Å². The van der Waals surface area contributed by atoms with Crippen LogP contribution >= 0.6 is 0 Å². The fourth-order valence-electron chi connectivity index (χ4n) is 1.41. The Bertz CT molecular complexity index is 519. The van der Waals surface area contributed by atoms with Crippen LogP contribution in [-0.4, -0.2) is 30.2 Å². The fraction of sp³-hybridized carbons (Fsp3) is 0.250. The third kappa shape index (κ3) is 2.40. The molecule has 16 heavy (non-hydrogen) atoms. The molecule has 5 N–H and O–H groups in total. The van der Waals surface area contributed by atoms with Crippen LogP contribution in [0.25, 0.3) is 0 Å². The normalized spacial score (nSPS) is 22.1. The Kier molecular flexibility index (Phi) is 2.43. The van der Waals surface area contributed by atoms with Gasteiger partial charge in [-0.05, 0) is 6.08 Å². The molecule has 2 heterocycles. The van der Waals surface area contributed by atoms with E-state index in [1.54, 1.807) is 6.08 Å². The zero-order chi connectivity index (χ0) is 11.8. The SMILES string of the molecule is Nc1cc(NC2C=CS(=O)(=O)C2)nc(N)n1. The molecule has 0 aromatic carbocycles. The van der Waals surface area contributed by atoms with Crippen molar-refractivity contribution in [3.8, 4) is 0 Å². The van der Waals surface area contributed by atoms with Gasteiger partial charge in [-0.2, -0.15) is 9.97 Å². The largest absolute Gasteiger partial charge is 0.383 e. The Morgan fingerprint density at radius 1 is 1.38 bits per heavy atom. The summed E-state index contributed by atoms with van der Waals surface area (Å²) >= 11 is 0. The summed E-state index contributed by atoms with van der Waals surface area (Å²) in [5.74, 6) is 0.709. The van der Waals surface area contributed by atoms with E-state index in [0.29, 0.717) is 5.82 Å². The lowest BCUT2D eigenvalue weighted by atomic mass is 10.3. The van der Waals surface area contributed by atoms with Gasteiger partial charge in [0.15, 0.2) is 9.84 Å². The lowest BCUT2D eigenvalue weighted by Gasteiger charge is -2.10. The number of nitrogens with two attached hydrogens (primary N) is 2. The summed E-state index contributed by atoms with van der Waals surface area (Å²) in [4.78, 5) is 7.60. The van der Waals surface area contributed by atoms with Crippen molar-refractivity contribution >= 4 is 27.4 Å². The van der Waals surface area contributed by atoms with Gasteiger partial charge in [0.05, 0.1) is 11.8 Å². The van der Waals surface area contributed by atoms with Crippen LogP contribution in [0.15, 0.2) is 17.6 Å². The van der Waals surface area contributed by atoms with Crippen molar-refractivity contribution < 1.29 is 8.42 Å². The number of nitrogens with zero attached hydrogens (tertiary/aromatic N) is 2. The zero-order valence-electron chi connectivity index (χ0n) is 8.29. The molecule has 1 aromatic rings. The monoisotopic (exact) mass is 241 g/mol. The molecule has 0 bridgehead atoms. The number of nitrogens with one attached hydrogen (secondary N) is 1. The predicted octanol–water partition coefficient (Wildman–Crippen LogP) is -0.636. The molecule has 86 valence electrons. The highest BCUT2D eigenvalue weighted by atomic mass is 32.2. The number of aromatic nitrogens is 2. The molecule has 0 radical (unpaired) electrons. The van der Waals surface area contributed by atoms with E-state index < -0.39 is 9.84 Å². The van der Waals surface area contributed by atoms with Crippen molar-refractivity contribution in [1.29, 1.82) is 0 Å². The van der Waals surface area contributed by atoms with Crippen LogP contribution in [0.2, 0.25) is 0 Å². The van der Waals surface area contributed by atoms with E-state index in [9.17, 15) is 8.42 Å². The number of anilines is 3. The molecule has 1 unspecified atom stereocenters. The van der Waals surface area contributed by atoms with Crippen LogP contribution in [0.4, 0.5) is 17.6 Å². The number of sulfone groups is 1. The molecule has 0 spiro atoms. The Balaban J connectivity index is 2.14. The minimum atomic E-state index is -3.08. The first-order valence-electron chi connectivity index (χ1n) is 4.52. The Labute approximate surface area is 92.5 Å². The highest BCUT2D eigenvalue weighted by Crippen LogP contribution is 2.15. The highest BCUT2D eigenvalue weighted by Gasteiger charge is 2.21. The van der Waals surface area contributed by atoms with Crippen LogP contribution in [0.5, 0.6) is 0 Å². The number of hydrogen-bond acceptors (Lipinski definition) is 7. The summed E-state index contributed by atoms with van der Waals surface area (Å²) in [6.07, 6.45) is 1.56. The lowest BCUT2D eigenvalue weighted by molar-refractivity contribution is 0.605. The molecule has 1 aliphatic heterocycles. The van der Waals surface area contributed by atoms with Gasteiger partial charge < -0.3 is 16.8 Å². The summed E-state index contributed by atoms with van der Waals surface area (Å²) in [5.41, 5.74) is 10.9. The quantitative estimate of drug-likeness (QED) is 0.629. The van der Waals surface area contributed by atoms with Crippen molar-refractivity contribution in [2.45, 2.75) is 6.04 Å². The van der Waals surface area contributed by atoms with Gasteiger partial charge >= 0.3 is 0 Å². The third-order valence-electron chi connectivity index (χ3n) is 2.03. The molecule has 0 aliphatic carbocycles. The Morgan fingerprint density at radius 2 is 2.12 bits per heavy atom. The maximum absolute atomic E-state index is 11.2. The van der Waals surface area contributed by atoms with Gasteiger partial charge in [-0.25, -0.2) is 8.42 Å². The first-order valence-corrected chi connectivity index (χ1v) is 6.24. The summed E-state index contributed by atoms with van der Waals surface area (Å²) in [7, 11) is -3.08. The maximum Gasteiger partial charge on any atom is 0.223 e. The van der Waals surface area contributed by atoms with E-state index in [-0.39, 0.29) is 23.6 Å². The van der Waals surface area contributed by atoms with Crippen molar-refractivity contribution in [3.05, 3.63) is 17.6 Å². The molecule has 1 aliphatic rings. The first kappa shape index (κ1) is 10.7. The molecule has 0 fully saturated rings. The van der Waals surface area contributed by atoms with Gasteiger partial charge in [0.25, 0.3) is 0 Å². The standard InChI is InChI=1S/C8H11N5O2S/c9-6-3-7(13-8(10)12-6)11-5-1-2-16(14,15)4-5/h1-3,5H,4H2,(H5,9,10,11,12,13). The molecule has 7 nitrogen and oxygen atoms in total. The van der Waals surface area contributed by atoms with E-state index in [1.165, 1.54) is 11.5 Å². The maximum atomic E-state index is 11.2. The molecular weight excluding hydrogens is 230 g/mol. The molecule has 8 heteroatoms. The van der Waals surface area contributed by atoms with Crippen LogP contribution in [0.3, 0.4) is 0 Å². The van der Waals surface area contributed by atoms with Gasteiger partial charge in [0.2, 0.25) is 5.95 Å². The van der Waals surface area contributed by atoms with Crippen molar-refractivity contribution in [1.82, 2.24) is 9.97 Å². The van der Waals surface area contributed by atoms with Crippen molar-refractivity contribution in [3.63, 3.8) is 0 Å². The third-order valence-corrected chi connectivity index (χ3v) is 3.42. The molecule has 1 aromatic heterocycles. The van der Waals surface area contributed by atoms with E-state index in [2.05, 4.69) is 15.3 Å². The van der Waals surface area contributed by atoms with Crippen LogP contribution in [0.1, 0.15) is 0 Å². The summed E-state index contributed by atoms with van der Waals surface area (Å²) in [6, 6.07) is 1.19. The van der Waals surface area contributed by atoms with Gasteiger partial charge in [-0.15, -0.1) is 0 Å². The number of hydrogen-bond donors (Lipinski definition) is 3. The topological polar surface area (TPSA) is 124 Å². The van der Waals surface area contributed by atoms with Crippen molar-refractivity contribution in [2.24, 2.45) is 0 Å². The van der Waals surface area contributed by atoms with Crippen molar-refractivity contribution in [2.75, 3.05) is 22.5 Å². The van der Waals surface area contributed by atoms with Gasteiger partial charge in [0, 0.05) is 11.5 Å². The van der Waals surface area contributed by atoms with Gasteiger partial charge in [-0.1, -0.05) is 0 Å². The summed E-state index contributed by atoms with van der Waals surface area (Å²) < 4.78 is 22.3. The first-order chi connectivity index (χ1) is 7.44. The van der Waals surface area contributed by atoms with Crippen LogP contribution in [-0.2, 0) is 9.84 Å². The van der Waals surface area contributed by atoms with Gasteiger partial charge in [-0.3, -0.25) is 0 Å². The van der Waals surface area contributed by atoms with E-state index in [4.69, 9.17) is 11.5 Å². The van der Waals surface area contributed by atoms with Crippen LogP contribution in [0, 0.1) is 0 Å². The van der Waals surface area contributed by atoms with E-state index in [1.807, 2.05) is 0 Å². The van der Waals surface area contributed by atoms with Gasteiger partial charge in [0.1, 0.15) is 11.6 Å². The smallest absolute Gasteiger partial charge is 0.223 e. The molecule has 0 amide bonds. The fourth-order valence-corrected chi connectivity index (χ4v) is 2.65.